The van der Waals surface area contributed by atoms with Crippen molar-refractivity contribution < 1.29 is 0 Å². The molecule has 0 aliphatic heterocycles. The van der Waals surface area contributed by atoms with Crippen LogP contribution in [0.5, 0.6) is 0 Å². The molecule has 1 fully saturated rings. The lowest BCUT2D eigenvalue weighted by molar-refractivity contribution is 0.264. The Balaban J connectivity index is 2.38. The molecule has 0 heterocycles. The Morgan fingerprint density at radius 3 is 2.65 bits per heavy atom. The van der Waals surface area contributed by atoms with Gasteiger partial charge in [-0.05, 0) is 44.6 Å². The quantitative estimate of drug-likeness (QED) is 0.528. The Morgan fingerprint density at radius 2 is 2.00 bits per heavy atom. The number of rotatable bonds is 6. The van der Waals surface area contributed by atoms with E-state index < -0.39 is 0 Å². The van der Waals surface area contributed by atoms with Crippen LogP contribution in [-0.2, 0) is 0 Å². The molecule has 1 aliphatic carbocycles. The highest BCUT2D eigenvalue weighted by Gasteiger charge is 2.24. The third-order valence-electron chi connectivity index (χ3n) is 4.18. The SMILES string of the molecule is CCC1CCCCC1C(C)=CCCNC(C)C. The number of allylic oxidation sites excluding steroid dienone is 1. The topological polar surface area (TPSA) is 12.0 Å². The van der Waals surface area contributed by atoms with Gasteiger partial charge in [0.15, 0.2) is 0 Å². The summed E-state index contributed by atoms with van der Waals surface area (Å²) in [5.74, 6) is 1.84. The Labute approximate surface area is 108 Å². The van der Waals surface area contributed by atoms with Crippen LogP contribution in [0.3, 0.4) is 0 Å². The minimum atomic E-state index is 0.613. The molecule has 0 saturated heterocycles. The van der Waals surface area contributed by atoms with E-state index in [4.69, 9.17) is 0 Å². The Hall–Kier alpha value is -0.300. The smallest absolute Gasteiger partial charge is 0.00105 e. The standard InChI is InChI=1S/C16H31N/c1-5-15-10-6-7-11-16(15)14(4)9-8-12-17-13(2)3/h9,13,15-17H,5-8,10-12H2,1-4H3. The predicted octanol–water partition coefficient (Wildman–Crippen LogP) is 4.54. The third kappa shape index (κ3) is 5.25. The maximum absolute atomic E-state index is 3.48. The maximum Gasteiger partial charge on any atom is 0.00105 e. The number of nitrogens with one attached hydrogen (secondary N) is 1. The largest absolute Gasteiger partial charge is 0.314 e. The van der Waals surface area contributed by atoms with Crippen LogP contribution in [0.25, 0.3) is 0 Å². The molecule has 0 spiro atoms. The molecule has 100 valence electrons. The van der Waals surface area contributed by atoms with Gasteiger partial charge < -0.3 is 5.32 Å². The summed E-state index contributed by atoms with van der Waals surface area (Å²) < 4.78 is 0. The first kappa shape index (κ1) is 14.8. The normalized spacial score (nSPS) is 26.5. The number of hydrogen-bond donors (Lipinski definition) is 1. The fraction of sp³-hybridized carbons (Fsp3) is 0.875. The van der Waals surface area contributed by atoms with E-state index in [0.29, 0.717) is 6.04 Å². The van der Waals surface area contributed by atoms with Crippen molar-refractivity contribution in [2.75, 3.05) is 6.54 Å². The van der Waals surface area contributed by atoms with E-state index in [9.17, 15) is 0 Å². The van der Waals surface area contributed by atoms with Gasteiger partial charge in [-0.3, -0.25) is 0 Å². The molecule has 17 heavy (non-hydrogen) atoms. The van der Waals surface area contributed by atoms with Crippen molar-refractivity contribution >= 4 is 0 Å². The van der Waals surface area contributed by atoms with Crippen molar-refractivity contribution in [2.45, 2.75) is 72.3 Å². The molecular weight excluding hydrogens is 206 g/mol. The van der Waals surface area contributed by atoms with Crippen LogP contribution in [0.2, 0.25) is 0 Å². The molecular formula is C16H31N. The molecule has 2 atom stereocenters. The Morgan fingerprint density at radius 1 is 1.29 bits per heavy atom. The summed E-state index contributed by atoms with van der Waals surface area (Å²) in [7, 11) is 0. The molecule has 0 radical (unpaired) electrons. The van der Waals surface area contributed by atoms with Crippen molar-refractivity contribution in [1.29, 1.82) is 0 Å². The lowest BCUT2D eigenvalue weighted by Crippen LogP contribution is -2.23. The minimum Gasteiger partial charge on any atom is -0.314 e. The van der Waals surface area contributed by atoms with Crippen LogP contribution in [-0.4, -0.2) is 12.6 Å². The van der Waals surface area contributed by atoms with Gasteiger partial charge in [0, 0.05) is 6.04 Å². The molecule has 0 aromatic carbocycles. The van der Waals surface area contributed by atoms with Crippen LogP contribution in [0.1, 0.15) is 66.2 Å². The molecule has 1 N–H and O–H groups in total. The first-order valence-electron chi connectivity index (χ1n) is 7.55. The molecule has 1 aliphatic rings. The van der Waals surface area contributed by atoms with Crippen LogP contribution in [0.4, 0.5) is 0 Å². The van der Waals surface area contributed by atoms with Gasteiger partial charge in [-0.1, -0.05) is 51.7 Å². The molecule has 0 aromatic heterocycles. The highest BCUT2D eigenvalue weighted by molar-refractivity contribution is 5.06. The first-order valence-corrected chi connectivity index (χ1v) is 7.55. The van der Waals surface area contributed by atoms with E-state index in [1.165, 1.54) is 38.5 Å². The van der Waals surface area contributed by atoms with Crippen LogP contribution in [0.15, 0.2) is 11.6 Å². The van der Waals surface area contributed by atoms with Crippen LogP contribution < -0.4 is 5.32 Å². The minimum absolute atomic E-state index is 0.613. The molecule has 0 aromatic rings. The van der Waals surface area contributed by atoms with Crippen LogP contribution >= 0.6 is 0 Å². The molecule has 1 rings (SSSR count). The van der Waals surface area contributed by atoms with E-state index in [0.717, 1.165) is 18.4 Å². The van der Waals surface area contributed by atoms with Gasteiger partial charge in [-0.2, -0.15) is 0 Å². The second kappa shape index (κ2) is 7.92. The fourth-order valence-electron chi connectivity index (χ4n) is 3.12. The first-order chi connectivity index (χ1) is 8.15. The Bertz CT molecular complexity index is 230. The highest BCUT2D eigenvalue weighted by atomic mass is 14.9. The van der Waals surface area contributed by atoms with E-state index in [1.807, 2.05) is 0 Å². The second-order valence-electron chi connectivity index (χ2n) is 5.90. The summed E-state index contributed by atoms with van der Waals surface area (Å²) in [4.78, 5) is 0. The van der Waals surface area contributed by atoms with Gasteiger partial charge in [0.1, 0.15) is 0 Å². The molecule has 0 amide bonds. The van der Waals surface area contributed by atoms with Crippen molar-refractivity contribution in [3.05, 3.63) is 11.6 Å². The van der Waals surface area contributed by atoms with Crippen LogP contribution in [0, 0.1) is 11.8 Å². The summed E-state index contributed by atoms with van der Waals surface area (Å²) in [6, 6.07) is 0.613. The van der Waals surface area contributed by atoms with Crippen molar-refractivity contribution in [1.82, 2.24) is 5.32 Å². The lowest BCUT2D eigenvalue weighted by atomic mass is 9.74. The van der Waals surface area contributed by atoms with E-state index in [-0.39, 0.29) is 0 Å². The molecule has 2 unspecified atom stereocenters. The number of hydrogen-bond acceptors (Lipinski definition) is 1. The lowest BCUT2D eigenvalue weighted by Gasteiger charge is -2.31. The summed E-state index contributed by atoms with van der Waals surface area (Å²) in [5, 5.41) is 3.48. The second-order valence-corrected chi connectivity index (χ2v) is 5.90. The van der Waals surface area contributed by atoms with Crippen molar-refractivity contribution in [2.24, 2.45) is 11.8 Å². The third-order valence-corrected chi connectivity index (χ3v) is 4.18. The fourth-order valence-corrected chi connectivity index (χ4v) is 3.12. The average molecular weight is 237 g/mol. The van der Waals surface area contributed by atoms with Gasteiger partial charge in [0.25, 0.3) is 0 Å². The van der Waals surface area contributed by atoms with Crippen molar-refractivity contribution in [3.8, 4) is 0 Å². The van der Waals surface area contributed by atoms with E-state index in [1.54, 1.807) is 5.57 Å². The summed E-state index contributed by atoms with van der Waals surface area (Å²) >= 11 is 0. The van der Waals surface area contributed by atoms with Gasteiger partial charge in [0.2, 0.25) is 0 Å². The van der Waals surface area contributed by atoms with Gasteiger partial charge in [-0.15, -0.1) is 0 Å². The van der Waals surface area contributed by atoms with Gasteiger partial charge in [0.05, 0.1) is 0 Å². The zero-order chi connectivity index (χ0) is 12.7. The maximum atomic E-state index is 3.48. The zero-order valence-corrected chi connectivity index (χ0v) is 12.3. The monoisotopic (exact) mass is 237 g/mol. The molecule has 1 nitrogen and oxygen atoms in total. The molecule has 1 saturated carbocycles. The van der Waals surface area contributed by atoms with E-state index >= 15 is 0 Å². The van der Waals surface area contributed by atoms with Gasteiger partial charge >= 0.3 is 0 Å². The van der Waals surface area contributed by atoms with E-state index in [2.05, 4.69) is 39.1 Å². The van der Waals surface area contributed by atoms with Gasteiger partial charge in [-0.25, -0.2) is 0 Å². The highest BCUT2D eigenvalue weighted by Crippen LogP contribution is 2.36. The van der Waals surface area contributed by atoms with Crippen molar-refractivity contribution in [3.63, 3.8) is 0 Å². The molecule has 0 bridgehead atoms. The Kier molecular flexibility index (Phi) is 6.87. The average Bonchev–Trinajstić information content (AvgIpc) is 2.34. The predicted molar refractivity (Wildman–Crippen MR) is 77.3 cm³/mol. The summed E-state index contributed by atoms with van der Waals surface area (Å²) in [5.41, 5.74) is 1.65. The zero-order valence-electron chi connectivity index (χ0n) is 12.3. The molecule has 1 heteroatoms. The summed E-state index contributed by atoms with van der Waals surface area (Å²) in [6.45, 7) is 10.3. The summed E-state index contributed by atoms with van der Waals surface area (Å²) in [6.07, 6.45) is 10.8.